The highest BCUT2D eigenvalue weighted by atomic mass is 19.4. The lowest BCUT2D eigenvalue weighted by Crippen LogP contribution is -2.55. The lowest BCUT2D eigenvalue weighted by molar-refractivity contribution is -0.188. The maximum atomic E-state index is 12.5. The normalized spacial score (nSPS) is 29.2. The van der Waals surface area contributed by atoms with Crippen LogP contribution in [0.1, 0.15) is 25.7 Å². The Morgan fingerprint density at radius 2 is 2.00 bits per heavy atom. The number of hydrogen-bond acceptors (Lipinski definition) is 3. The van der Waals surface area contributed by atoms with Gasteiger partial charge in [0.15, 0.2) is 0 Å². The van der Waals surface area contributed by atoms with Crippen molar-refractivity contribution < 1.29 is 27.8 Å². The molecule has 4 nitrogen and oxygen atoms in total. The molecular formula is C11H18F3NO3. The fraction of sp³-hybridized carbons (Fsp3) is 0.909. The molecule has 0 spiro atoms. The van der Waals surface area contributed by atoms with Gasteiger partial charge < -0.3 is 9.84 Å². The van der Waals surface area contributed by atoms with Crippen molar-refractivity contribution in [3.8, 4) is 0 Å². The third-order valence-electron chi connectivity index (χ3n) is 3.48. The molecule has 0 aromatic rings. The Balaban J connectivity index is 2.60. The van der Waals surface area contributed by atoms with Gasteiger partial charge in [0.1, 0.15) is 5.54 Å². The van der Waals surface area contributed by atoms with Crippen molar-refractivity contribution in [3.05, 3.63) is 0 Å². The van der Waals surface area contributed by atoms with E-state index in [0.717, 1.165) is 0 Å². The van der Waals surface area contributed by atoms with Crippen LogP contribution < -0.4 is 5.32 Å². The van der Waals surface area contributed by atoms with Crippen molar-refractivity contribution in [3.63, 3.8) is 0 Å². The van der Waals surface area contributed by atoms with E-state index in [0.29, 0.717) is 13.2 Å². The number of carboxylic acid groups (broad SMARTS) is 1. The maximum absolute atomic E-state index is 12.5. The Morgan fingerprint density at radius 3 is 2.39 bits per heavy atom. The molecule has 1 saturated carbocycles. The van der Waals surface area contributed by atoms with Crippen LogP contribution in [0.2, 0.25) is 0 Å². The number of nitrogens with one attached hydrogen (secondary N) is 1. The summed E-state index contributed by atoms with van der Waals surface area (Å²) < 4.78 is 42.3. The molecule has 0 bridgehead atoms. The topological polar surface area (TPSA) is 58.6 Å². The van der Waals surface area contributed by atoms with Crippen LogP contribution in [0.5, 0.6) is 0 Å². The molecule has 0 aromatic carbocycles. The van der Waals surface area contributed by atoms with Crippen LogP contribution in [-0.4, -0.2) is 43.1 Å². The zero-order valence-electron chi connectivity index (χ0n) is 10.2. The number of alkyl halides is 3. The summed E-state index contributed by atoms with van der Waals surface area (Å²) in [5.74, 6) is -2.46. The fourth-order valence-electron chi connectivity index (χ4n) is 2.30. The molecule has 2 N–H and O–H groups in total. The van der Waals surface area contributed by atoms with E-state index in [1.807, 2.05) is 0 Å². The quantitative estimate of drug-likeness (QED) is 0.747. The monoisotopic (exact) mass is 269 g/mol. The molecule has 0 aromatic heterocycles. The third-order valence-corrected chi connectivity index (χ3v) is 3.48. The molecule has 0 unspecified atom stereocenters. The summed E-state index contributed by atoms with van der Waals surface area (Å²) in [6.45, 7) is 0.650. The summed E-state index contributed by atoms with van der Waals surface area (Å²) in [7, 11) is 1.48. The van der Waals surface area contributed by atoms with Gasteiger partial charge in [0.05, 0.1) is 12.5 Å². The number of halogens is 3. The Hall–Kier alpha value is -0.820. The number of aliphatic carboxylic acids is 1. The van der Waals surface area contributed by atoms with Gasteiger partial charge in [-0.15, -0.1) is 0 Å². The van der Waals surface area contributed by atoms with Crippen LogP contribution in [0.15, 0.2) is 0 Å². The highest BCUT2D eigenvalue weighted by Crippen LogP contribution is 2.41. The van der Waals surface area contributed by atoms with Crippen LogP contribution >= 0.6 is 0 Å². The van der Waals surface area contributed by atoms with Crippen LogP contribution in [-0.2, 0) is 9.53 Å². The van der Waals surface area contributed by atoms with Gasteiger partial charge in [0, 0.05) is 13.7 Å². The predicted octanol–water partition coefficient (Wildman–Crippen LogP) is 1.80. The molecule has 7 heteroatoms. The van der Waals surface area contributed by atoms with Crippen molar-refractivity contribution in [2.24, 2.45) is 5.92 Å². The van der Waals surface area contributed by atoms with E-state index in [2.05, 4.69) is 5.32 Å². The number of methoxy groups -OCH3 is 1. The zero-order valence-corrected chi connectivity index (χ0v) is 10.2. The Morgan fingerprint density at radius 1 is 1.44 bits per heavy atom. The predicted molar refractivity (Wildman–Crippen MR) is 58.3 cm³/mol. The molecule has 0 amide bonds. The molecule has 18 heavy (non-hydrogen) atoms. The number of ether oxygens (including phenoxy) is 1. The number of rotatable bonds is 5. The average molecular weight is 269 g/mol. The van der Waals surface area contributed by atoms with E-state index in [1.54, 1.807) is 0 Å². The molecule has 0 aliphatic heterocycles. The number of hydrogen-bond donors (Lipinski definition) is 2. The number of carboxylic acids is 1. The maximum Gasteiger partial charge on any atom is 0.391 e. The molecule has 0 atom stereocenters. The molecule has 0 saturated heterocycles. The second-order valence-corrected chi connectivity index (χ2v) is 4.62. The van der Waals surface area contributed by atoms with Gasteiger partial charge in [-0.1, -0.05) is 0 Å². The summed E-state index contributed by atoms with van der Waals surface area (Å²) in [6.07, 6.45) is -4.52. The van der Waals surface area contributed by atoms with Crippen molar-refractivity contribution in [2.75, 3.05) is 20.3 Å². The second-order valence-electron chi connectivity index (χ2n) is 4.62. The van der Waals surface area contributed by atoms with Gasteiger partial charge in [-0.2, -0.15) is 13.2 Å². The first-order valence-corrected chi connectivity index (χ1v) is 5.86. The van der Waals surface area contributed by atoms with Crippen molar-refractivity contribution in [1.82, 2.24) is 5.32 Å². The molecule has 106 valence electrons. The van der Waals surface area contributed by atoms with Gasteiger partial charge >= 0.3 is 12.1 Å². The number of carbonyl (C=O) groups is 1. The molecule has 0 heterocycles. The summed E-state index contributed by atoms with van der Waals surface area (Å²) >= 11 is 0. The second kappa shape index (κ2) is 5.88. The first-order valence-electron chi connectivity index (χ1n) is 5.86. The Kier molecular flexibility index (Phi) is 4.98. The van der Waals surface area contributed by atoms with E-state index >= 15 is 0 Å². The van der Waals surface area contributed by atoms with Crippen molar-refractivity contribution >= 4 is 5.97 Å². The van der Waals surface area contributed by atoms with Gasteiger partial charge in [-0.25, -0.2) is 0 Å². The van der Waals surface area contributed by atoms with E-state index < -0.39 is 23.6 Å². The SMILES string of the molecule is COCCNC1(C(=O)O)CCC(C(F)(F)F)CC1. The first-order chi connectivity index (χ1) is 8.32. The van der Waals surface area contributed by atoms with Gasteiger partial charge in [-0.05, 0) is 25.7 Å². The molecule has 1 aliphatic rings. The van der Waals surface area contributed by atoms with E-state index in [1.165, 1.54) is 7.11 Å². The van der Waals surface area contributed by atoms with Gasteiger partial charge in [0.2, 0.25) is 0 Å². The largest absolute Gasteiger partial charge is 0.480 e. The standard InChI is InChI=1S/C11H18F3NO3/c1-18-7-6-15-10(9(16)17)4-2-8(3-5-10)11(12,13)14/h8,15H,2-7H2,1H3,(H,16,17). The minimum atomic E-state index is -4.23. The molecule has 0 radical (unpaired) electrons. The Labute approximate surface area is 103 Å². The Bertz CT molecular complexity index is 286. The van der Waals surface area contributed by atoms with Crippen LogP contribution in [0, 0.1) is 5.92 Å². The van der Waals surface area contributed by atoms with Crippen LogP contribution in [0.25, 0.3) is 0 Å². The summed E-state index contributed by atoms with van der Waals surface area (Å²) in [5.41, 5.74) is -1.24. The molecular weight excluding hydrogens is 251 g/mol. The van der Waals surface area contributed by atoms with Crippen LogP contribution in [0.3, 0.4) is 0 Å². The fourth-order valence-corrected chi connectivity index (χ4v) is 2.30. The van der Waals surface area contributed by atoms with E-state index in [-0.39, 0.29) is 25.7 Å². The average Bonchev–Trinajstić information content (AvgIpc) is 2.28. The molecule has 1 aliphatic carbocycles. The molecule has 1 rings (SSSR count). The summed E-state index contributed by atoms with van der Waals surface area (Å²) in [5, 5.41) is 12.0. The third kappa shape index (κ3) is 3.58. The lowest BCUT2D eigenvalue weighted by atomic mass is 9.76. The van der Waals surface area contributed by atoms with Gasteiger partial charge in [0.25, 0.3) is 0 Å². The minimum Gasteiger partial charge on any atom is -0.480 e. The summed E-state index contributed by atoms with van der Waals surface area (Å²) in [4.78, 5) is 11.2. The highest BCUT2D eigenvalue weighted by Gasteiger charge is 2.48. The van der Waals surface area contributed by atoms with Crippen LogP contribution in [0.4, 0.5) is 13.2 Å². The van der Waals surface area contributed by atoms with E-state index in [9.17, 15) is 23.1 Å². The smallest absolute Gasteiger partial charge is 0.391 e. The zero-order chi connectivity index (χ0) is 13.8. The first kappa shape index (κ1) is 15.2. The van der Waals surface area contributed by atoms with Crippen molar-refractivity contribution in [1.29, 1.82) is 0 Å². The highest BCUT2D eigenvalue weighted by molar-refractivity contribution is 5.78. The van der Waals surface area contributed by atoms with E-state index in [4.69, 9.17) is 4.74 Å². The van der Waals surface area contributed by atoms with Gasteiger partial charge in [-0.3, -0.25) is 10.1 Å². The molecule has 1 fully saturated rings. The van der Waals surface area contributed by atoms with Crippen molar-refractivity contribution in [2.45, 2.75) is 37.4 Å². The summed E-state index contributed by atoms with van der Waals surface area (Å²) in [6, 6.07) is 0. The minimum absolute atomic E-state index is 0.00375. The lowest BCUT2D eigenvalue weighted by Gasteiger charge is -2.38.